The highest BCUT2D eigenvalue weighted by atomic mass is 35.5. The van der Waals surface area contributed by atoms with E-state index < -0.39 is 14.9 Å². The van der Waals surface area contributed by atoms with Crippen LogP contribution in [0.25, 0.3) is 0 Å². The molecule has 122 valence electrons. The molecule has 2 N–H and O–H groups in total. The normalized spacial score (nSPS) is 14.9. The molecule has 0 spiro atoms. The summed E-state index contributed by atoms with van der Waals surface area (Å²) in [7, 11) is -3.76. The molecule has 0 aliphatic carbocycles. The molecule has 1 aliphatic rings. The van der Waals surface area contributed by atoms with E-state index in [1.54, 1.807) is 0 Å². The zero-order chi connectivity index (χ0) is 15.5. The van der Waals surface area contributed by atoms with Gasteiger partial charge in [-0.3, -0.25) is 10.1 Å². The zero-order valence-corrected chi connectivity index (χ0v) is 13.7. The van der Waals surface area contributed by atoms with Gasteiger partial charge >= 0.3 is 0 Å². The van der Waals surface area contributed by atoms with Crippen molar-refractivity contribution in [3.63, 3.8) is 0 Å². The molecule has 1 aliphatic heterocycles. The second-order valence-electron chi connectivity index (χ2n) is 4.80. The first-order valence-electron chi connectivity index (χ1n) is 6.54. The summed E-state index contributed by atoms with van der Waals surface area (Å²) in [5.41, 5.74) is 0.966. The maximum Gasteiger partial charge on any atom is 0.273 e. The molecule has 2 rings (SSSR count). The number of nitro groups is 1. The largest absolute Gasteiger partial charge is 0.313 e. The topological polar surface area (TPSA) is 101 Å². The smallest absolute Gasteiger partial charge is 0.273 e. The minimum Gasteiger partial charge on any atom is -0.313 e. The number of hydrogen-bond acceptors (Lipinski definition) is 5. The summed E-state index contributed by atoms with van der Waals surface area (Å²) in [6.45, 7) is 3.22. The lowest BCUT2D eigenvalue weighted by Crippen LogP contribution is -2.30. The Labute approximate surface area is 135 Å². The summed E-state index contributed by atoms with van der Waals surface area (Å²) < 4.78 is 27.1. The molecule has 0 atom stereocenters. The standard InChI is InChI=1S/C13H17N3O4S.ClH/c1-10-12(16(17)18)3-2-4-13(10)21(19,20)15-9-11-5-7-14-8-6-11;/h2-5,14-15H,6-9H2,1H3;1H. The number of nitro benzene ring substituents is 1. The highest BCUT2D eigenvalue weighted by Crippen LogP contribution is 2.24. The third-order valence-electron chi connectivity index (χ3n) is 3.39. The molecule has 9 heteroatoms. The van der Waals surface area contributed by atoms with E-state index >= 15 is 0 Å². The van der Waals surface area contributed by atoms with E-state index in [1.807, 2.05) is 6.08 Å². The van der Waals surface area contributed by atoms with Crippen LogP contribution >= 0.6 is 12.4 Å². The summed E-state index contributed by atoms with van der Waals surface area (Å²) >= 11 is 0. The van der Waals surface area contributed by atoms with E-state index in [4.69, 9.17) is 0 Å². The van der Waals surface area contributed by atoms with Gasteiger partial charge in [-0.05, 0) is 26.0 Å². The van der Waals surface area contributed by atoms with Crippen LogP contribution in [0.3, 0.4) is 0 Å². The quantitative estimate of drug-likeness (QED) is 0.477. The molecule has 0 unspecified atom stereocenters. The number of sulfonamides is 1. The van der Waals surface area contributed by atoms with Gasteiger partial charge in [-0.2, -0.15) is 0 Å². The lowest BCUT2D eigenvalue weighted by atomic mass is 10.1. The Bertz CT molecular complexity index is 689. The molecule has 1 aromatic rings. The summed E-state index contributed by atoms with van der Waals surface area (Å²) in [6.07, 6.45) is 2.74. The Hall–Kier alpha value is -1.48. The fraction of sp³-hybridized carbons (Fsp3) is 0.385. The van der Waals surface area contributed by atoms with Crippen molar-refractivity contribution in [2.45, 2.75) is 18.2 Å². The molecular weight excluding hydrogens is 330 g/mol. The van der Waals surface area contributed by atoms with Gasteiger partial charge < -0.3 is 5.32 Å². The molecule has 0 bridgehead atoms. The van der Waals surface area contributed by atoms with Crippen LogP contribution in [0, 0.1) is 17.0 Å². The highest BCUT2D eigenvalue weighted by Gasteiger charge is 2.22. The van der Waals surface area contributed by atoms with Crippen LogP contribution in [0.4, 0.5) is 5.69 Å². The summed E-state index contributed by atoms with van der Waals surface area (Å²) in [4.78, 5) is 10.3. The van der Waals surface area contributed by atoms with Crippen LogP contribution in [0.5, 0.6) is 0 Å². The van der Waals surface area contributed by atoms with Crippen molar-refractivity contribution in [3.05, 3.63) is 45.5 Å². The third-order valence-corrected chi connectivity index (χ3v) is 4.93. The first-order chi connectivity index (χ1) is 9.92. The van der Waals surface area contributed by atoms with E-state index in [-0.39, 0.29) is 35.1 Å². The first kappa shape index (κ1) is 18.6. The monoisotopic (exact) mass is 347 g/mol. The average molecular weight is 348 g/mol. The maximum atomic E-state index is 12.3. The lowest BCUT2D eigenvalue weighted by Gasteiger charge is -2.15. The van der Waals surface area contributed by atoms with Gasteiger partial charge in [0.15, 0.2) is 0 Å². The average Bonchev–Trinajstić information content (AvgIpc) is 2.46. The minimum absolute atomic E-state index is 0. The maximum absolute atomic E-state index is 12.3. The molecule has 0 aromatic heterocycles. The Morgan fingerprint density at radius 2 is 2.14 bits per heavy atom. The van der Waals surface area contributed by atoms with Crippen molar-refractivity contribution >= 4 is 28.1 Å². The lowest BCUT2D eigenvalue weighted by molar-refractivity contribution is -0.385. The molecule has 7 nitrogen and oxygen atoms in total. The van der Waals surface area contributed by atoms with Crippen LogP contribution in [-0.2, 0) is 10.0 Å². The van der Waals surface area contributed by atoms with Gasteiger partial charge in [0.25, 0.3) is 5.69 Å². The molecule has 1 heterocycles. The Morgan fingerprint density at radius 1 is 1.41 bits per heavy atom. The number of nitrogens with zero attached hydrogens (tertiary/aromatic N) is 1. The zero-order valence-electron chi connectivity index (χ0n) is 12.0. The molecule has 0 saturated carbocycles. The summed E-state index contributed by atoms with van der Waals surface area (Å²) in [6, 6.07) is 4.05. The van der Waals surface area contributed by atoms with E-state index in [0.717, 1.165) is 25.1 Å². The minimum atomic E-state index is -3.76. The van der Waals surface area contributed by atoms with Crippen molar-refractivity contribution in [3.8, 4) is 0 Å². The van der Waals surface area contributed by atoms with E-state index in [9.17, 15) is 18.5 Å². The number of nitrogens with one attached hydrogen (secondary N) is 2. The van der Waals surface area contributed by atoms with Crippen molar-refractivity contribution < 1.29 is 13.3 Å². The van der Waals surface area contributed by atoms with Crippen LogP contribution in [-0.4, -0.2) is 33.0 Å². The molecule has 1 aromatic carbocycles. The predicted octanol–water partition coefficient (Wildman–Crippen LogP) is 1.52. The fourth-order valence-corrected chi connectivity index (χ4v) is 3.48. The van der Waals surface area contributed by atoms with Gasteiger partial charge in [-0.15, -0.1) is 12.4 Å². The van der Waals surface area contributed by atoms with E-state index in [2.05, 4.69) is 10.0 Å². The second-order valence-corrected chi connectivity index (χ2v) is 6.53. The highest BCUT2D eigenvalue weighted by molar-refractivity contribution is 7.89. The molecule has 22 heavy (non-hydrogen) atoms. The van der Waals surface area contributed by atoms with Gasteiger partial charge in [0.1, 0.15) is 0 Å². The van der Waals surface area contributed by atoms with Gasteiger partial charge in [0, 0.05) is 24.7 Å². The molecule has 0 amide bonds. The SMILES string of the molecule is Cc1c([N+](=O)[O-])cccc1S(=O)(=O)NCC1=CCNCC1.Cl. The van der Waals surface area contributed by atoms with Crippen LogP contribution < -0.4 is 10.0 Å². The summed E-state index contributed by atoms with van der Waals surface area (Å²) in [5.74, 6) is 0. The molecule has 0 fully saturated rings. The Balaban J connectivity index is 0.00000242. The van der Waals surface area contributed by atoms with E-state index in [0.29, 0.717) is 0 Å². The van der Waals surface area contributed by atoms with Crippen molar-refractivity contribution in [1.82, 2.24) is 10.0 Å². The first-order valence-corrected chi connectivity index (χ1v) is 8.02. The fourth-order valence-electron chi connectivity index (χ4n) is 2.19. The van der Waals surface area contributed by atoms with Crippen molar-refractivity contribution in [1.29, 1.82) is 0 Å². The Morgan fingerprint density at radius 3 is 2.73 bits per heavy atom. The van der Waals surface area contributed by atoms with Gasteiger partial charge in [-0.1, -0.05) is 17.7 Å². The number of rotatable bonds is 5. The van der Waals surface area contributed by atoms with Crippen LogP contribution in [0.2, 0.25) is 0 Å². The number of hydrogen-bond donors (Lipinski definition) is 2. The molecule has 0 radical (unpaired) electrons. The molecular formula is C13H18ClN3O4S. The Kier molecular flexibility index (Phi) is 6.48. The van der Waals surface area contributed by atoms with Crippen molar-refractivity contribution in [2.75, 3.05) is 19.6 Å². The van der Waals surface area contributed by atoms with Gasteiger partial charge in [0.2, 0.25) is 10.0 Å². The van der Waals surface area contributed by atoms with Crippen LogP contribution in [0.1, 0.15) is 12.0 Å². The molecule has 0 saturated heterocycles. The van der Waals surface area contributed by atoms with Gasteiger partial charge in [0.05, 0.1) is 9.82 Å². The number of benzene rings is 1. The summed E-state index contributed by atoms with van der Waals surface area (Å²) in [5, 5.41) is 14.0. The predicted molar refractivity (Wildman–Crippen MR) is 85.8 cm³/mol. The second kappa shape index (κ2) is 7.68. The number of halogens is 1. The van der Waals surface area contributed by atoms with E-state index in [1.165, 1.54) is 25.1 Å². The van der Waals surface area contributed by atoms with Gasteiger partial charge in [-0.25, -0.2) is 13.1 Å². The van der Waals surface area contributed by atoms with Crippen LogP contribution in [0.15, 0.2) is 34.7 Å². The third kappa shape index (κ3) is 4.26. The van der Waals surface area contributed by atoms with Crippen molar-refractivity contribution in [2.24, 2.45) is 0 Å².